The molecule has 25 heavy (non-hydrogen) atoms. The second-order valence-electron chi connectivity index (χ2n) is 5.38. The summed E-state index contributed by atoms with van der Waals surface area (Å²) in [7, 11) is 0. The van der Waals surface area contributed by atoms with Gasteiger partial charge in [-0.05, 0) is 24.3 Å². The van der Waals surface area contributed by atoms with Gasteiger partial charge >= 0.3 is 0 Å². The number of nitrogens with one attached hydrogen (secondary N) is 1. The largest absolute Gasteiger partial charge is 0.363 e. The van der Waals surface area contributed by atoms with Crippen LogP contribution in [0.1, 0.15) is 5.69 Å². The molecule has 0 radical (unpaired) electrons. The summed E-state index contributed by atoms with van der Waals surface area (Å²) in [5.41, 5.74) is 3.77. The smallest absolute Gasteiger partial charge is 0.149 e. The predicted octanol–water partition coefficient (Wildman–Crippen LogP) is 4.27. The fourth-order valence-electron chi connectivity index (χ4n) is 2.37. The van der Waals surface area contributed by atoms with Crippen molar-refractivity contribution in [2.75, 3.05) is 5.32 Å². The molecule has 0 bridgehead atoms. The first-order valence-corrected chi connectivity index (χ1v) is 8.75. The number of aromatic nitrogens is 4. The molecule has 1 aromatic carbocycles. The van der Waals surface area contributed by atoms with Crippen LogP contribution in [0.4, 0.5) is 5.82 Å². The van der Waals surface area contributed by atoms with E-state index in [-0.39, 0.29) is 0 Å². The van der Waals surface area contributed by atoms with Crippen molar-refractivity contribution in [1.29, 1.82) is 0 Å². The molecule has 5 nitrogen and oxygen atoms in total. The van der Waals surface area contributed by atoms with Crippen molar-refractivity contribution in [3.63, 3.8) is 0 Å². The van der Waals surface area contributed by atoms with E-state index >= 15 is 0 Å². The molecular formula is C19H15N5S. The number of benzene rings is 1. The molecule has 0 spiro atoms. The van der Waals surface area contributed by atoms with E-state index in [0.29, 0.717) is 6.54 Å². The van der Waals surface area contributed by atoms with Crippen LogP contribution in [-0.2, 0) is 6.54 Å². The first kappa shape index (κ1) is 15.4. The number of thiazole rings is 1. The summed E-state index contributed by atoms with van der Waals surface area (Å²) in [5, 5.41) is 14.7. The van der Waals surface area contributed by atoms with Crippen LogP contribution in [0.3, 0.4) is 0 Å². The van der Waals surface area contributed by atoms with Crippen molar-refractivity contribution in [2.24, 2.45) is 0 Å². The Balaban J connectivity index is 1.41. The van der Waals surface area contributed by atoms with Gasteiger partial charge in [-0.3, -0.25) is 4.98 Å². The zero-order valence-electron chi connectivity index (χ0n) is 13.3. The third-order valence-electron chi connectivity index (χ3n) is 3.62. The van der Waals surface area contributed by atoms with Gasteiger partial charge in [0.2, 0.25) is 0 Å². The summed E-state index contributed by atoms with van der Waals surface area (Å²) >= 11 is 1.59. The monoisotopic (exact) mass is 345 g/mol. The van der Waals surface area contributed by atoms with Crippen LogP contribution in [0, 0.1) is 0 Å². The molecule has 0 atom stereocenters. The van der Waals surface area contributed by atoms with E-state index in [1.165, 1.54) is 0 Å². The van der Waals surface area contributed by atoms with E-state index in [0.717, 1.165) is 33.5 Å². The maximum atomic E-state index is 4.61. The average Bonchev–Trinajstić information content (AvgIpc) is 3.17. The molecule has 3 heterocycles. The van der Waals surface area contributed by atoms with Crippen LogP contribution < -0.4 is 5.32 Å². The highest BCUT2D eigenvalue weighted by molar-refractivity contribution is 7.13. The lowest BCUT2D eigenvalue weighted by Crippen LogP contribution is -2.03. The molecule has 3 aromatic heterocycles. The minimum atomic E-state index is 0.600. The SMILES string of the molecule is c1ccc(-c2ccc(NCc3csc(-c4ccccn4)n3)nn2)cc1. The topological polar surface area (TPSA) is 63.6 Å². The maximum absolute atomic E-state index is 4.61. The molecule has 0 amide bonds. The molecule has 6 heteroatoms. The molecule has 122 valence electrons. The molecule has 0 aliphatic rings. The number of hydrogen-bond donors (Lipinski definition) is 1. The molecule has 4 rings (SSSR count). The van der Waals surface area contributed by atoms with Crippen LogP contribution in [0.2, 0.25) is 0 Å². The van der Waals surface area contributed by atoms with Crippen LogP contribution in [0.25, 0.3) is 22.0 Å². The molecule has 1 N–H and O–H groups in total. The van der Waals surface area contributed by atoms with Crippen molar-refractivity contribution in [3.8, 4) is 22.0 Å². The Kier molecular flexibility index (Phi) is 4.43. The highest BCUT2D eigenvalue weighted by Gasteiger charge is 2.06. The predicted molar refractivity (Wildman–Crippen MR) is 100 cm³/mol. The fourth-order valence-corrected chi connectivity index (χ4v) is 3.16. The highest BCUT2D eigenvalue weighted by Crippen LogP contribution is 2.22. The van der Waals surface area contributed by atoms with E-state index < -0.39 is 0 Å². The normalized spacial score (nSPS) is 10.6. The van der Waals surface area contributed by atoms with E-state index in [1.54, 1.807) is 17.5 Å². The molecule has 0 saturated carbocycles. The van der Waals surface area contributed by atoms with Gasteiger partial charge < -0.3 is 5.32 Å². The minimum absolute atomic E-state index is 0.600. The van der Waals surface area contributed by atoms with E-state index in [4.69, 9.17) is 0 Å². The number of rotatable bonds is 5. The van der Waals surface area contributed by atoms with Gasteiger partial charge in [-0.15, -0.1) is 21.5 Å². The van der Waals surface area contributed by atoms with Crippen molar-refractivity contribution < 1.29 is 0 Å². The first-order chi connectivity index (χ1) is 12.4. The van der Waals surface area contributed by atoms with Crippen LogP contribution in [-0.4, -0.2) is 20.2 Å². The third-order valence-corrected chi connectivity index (χ3v) is 4.53. The average molecular weight is 345 g/mol. The van der Waals surface area contributed by atoms with Gasteiger partial charge in [0.1, 0.15) is 10.8 Å². The Morgan fingerprint density at radius 3 is 2.48 bits per heavy atom. The fraction of sp³-hybridized carbons (Fsp3) is 0.0526. The Morgan fingerprint density at radius 2 is 1.72 bits per heavy atom. The highest BCUT2D eigenvalue weighted by atomic mass is 32.1. The zero-order valence-corrected chi connectivity index (χ0v) is 14.1. The van der Waals surface area contributed by atoms with Gasteiger partial charge in [0.25, 0.3) is 0 Å². The van der Waals surface area contributed by atoms with E-state index in [9.17, 15) is 0 Å². The maximum Gasteiger partial charge on any atom is 0.149 e. The van der Waals surface area contributed by atoms with Crippen LogP contribution in [0.15, 0.2) is 72.2 Å². The summed E-state index contributed by atoms with van der Waals surface area (Å²) in [5.74, 6) is 0.729. The first-order valence-electron chi connectivity index (χ1n) is 7.87. The summed E-state index contributed by atoms with van der Waals surface area (Å²) in [6, 6.07) is 19.7. The summed E-state index contributed by atoms with van der Waals surface area (Å²) in [4.78, 5) is 8.93. The molecule has 0 fully saturated rings. The lowest BCUT2D eigenvalue weighted by Gasteiger charge is -2.04. The summed E-state index contributed by atoms with van der Waals surface area (Å²) in [6.45, 7) is 0.600. The Labute approximate surface area is 149 Å². The Morgan fingerprint density at radius 1 is 0.840 bits per heavy atom. The van der Waals surface area contributed by atoms with E-state index in [1.807, 2.05) is 66.0 Å². The van der Waals surface area contributed by atoms with Gasteiger partial charge in [-0.1, -0.05) is 36.4 Å². The van der Waals surface area contributed by atoms with Gasteiger partial charge in [-0.25, -0.2) is 4.98 Å². The second-order valence-corrected chi connectivity index (χ2v) is 6.24. The number of pyridine rings is 1. The molecule has 4 aromatic rings. The lowest BCUT2D eigenvalue weighted by molar-refractivity contribution is 0.990. The minimum Gasteiger partial charge on any atom is -0.363 e. The molecule has 0 aliphatic heterocycles. The quantitative estimate of drug-likeness (QED) is 0.585. The molecular weight excluding hydrogens is 330 g/mol. The molecule has 0 aliphatic carbocycles. The van der Waals surface area contributed by atoms with Gasteiger partial charge in [0.05, 0.1) is 23.6 Å². The number of nitrogens with zero attached hydrogens (tertiary/aromatic N) is 4. The number of anilines is 1. The van der Waals surface area contributed by atoms with Gasteiger partial charge in [-0.2, -0.15) is 0 Å². The summed E-state index contributed by atoms with van der Waals surface area (Å²) in [6.07, 6.45) is 1.78. The van der Waals surface area contributed by atoms with E-state index in [2.05, 4.69) is 25.5 Å². The van der Waals surface area contributed by atoms with Gasteiger partial charge in [0, 0.05) is 17.1 Å². The Bertz CT molecular complexity index is 936. The molecule has 0 unspecified atom stereocenters. The van der Waals surface area contributed by atoms with Crippen molar-refractivity contribution in [1.82, 2.24) is 20.2 Å². The zero-order chi connectivity index (χ0) is 16.9. The van der Waals surface area contributed by atoms with Crippen molar-refractivity contribution in [2.45, 2.75) is 6.54 Å². The molecule has 0 saturated heterocycles. The van der Waals surface area contributed by atoms with Crippen molar-refractivity contribution >= 4 is 17.2 Å². The summed E-state index contributed by atoms with van der Waals surface area (Å²) < 4.78 is 0. The van der Waals surface area contributed by atoms with Crippen LogP contribution in [0.5, 0.6) is 0 Å². The van der Waals surface area contributed by atoms with Crippen molar-refractivity contribution in [3.05, 3.63) is 77.9 Å². The third kappa shape index (κ3) is 3.70. The lowest BCUT2D eigenvalue weighted by atomic mass is 10.1. The van der Waals surface area contributed by atoms with Gasteiger partial charge in [0.15, 0.2) is 0 Å². The number of hydrogen-bond acceptors (Lipinski definition) is 6. The standard InChI is InChI=1S/C19H15N5S/c1-2-6-14(7-3-1)16-9-10-18(24-23-16)21-12-15-13-25-19(22-15)17-8-4-5-11-20-17/h1-11,13H,12H2,(H,21,24). The Hall–Kier alpha value is -3.12. The second kappa shape index (κ2) is 7.19. The van der Waals surface area contributed by atoms with Crippen LogP contribution >= 0.6 is 11.3 Å².